The van der Waals surface area contributed by atoms with Gasteiger partial charge in [-0.2, -0.15) is 0 Å². The predicted octanol–water partition coefficient (Wildman–Crippen LogP) is 3.97. The summed E-state index contributed by atoms with van der Waals surface area (Å²) < 4.78 is 0. The summed E-state index contributed by atoms with van der Waals surface area (Å²) in [6.45, 7) is 5.24. The van der Waals surface area contributed by atoms with Crippen molar-refractivity contribution in [3.63, 3.8) is 0 Å². The second-order valence-electron chi connectivity index (χ2n) is 6.25. The van der Waals surface area contributed by atoms with E-state index in [1.807, 2.05) is 25.3 Å². The van der Waals surface area contributed by atoms with Crippen molar-refractivity contribution < 1.29 is 0 Å². The number of benzene rings is 1. The highest BCUT2D eigenvalue weighted by Crippen LogP contribution is 2.33. The Morgan fingerprint density at radius 1 is 1.08 bits per heavy atom. The third-order valence-electron chi connectivity index (χ3n) is 4.65. The van der Waals surface area contributed by atoms with Crippen molar-refractivity contribution in [1.82, 2.24) is 15.0 Å². The summed E-state index contributed by atoms with van der Waals surface area (Å²) in [4.78, 5) is 16.0. The molecule has 4 heteroatoms. The minimum absolute atomic E-state index is 0.311. The lowest BCUT2D eigenvalue weighted by molar-refractivity contribution is 0.616. The Labute approximate surface area is 142 Å². The maximum absolute atomic E-state index is 4.83. The molecule has 1 atom stereocenters. The van der Waals surface area contributed by atoms with Crippen LogP contribution in [0, 0.1) is 6.92 Å². The zero-order chi connectivity index (χ0) is 16.5. The number of aromatic nitrogens is 3. The summed E-state index contributed by atoms with van der Waals surface area (Å²) in [6.07, 6.45) is 4.63. The molecule has 4 nitrogen and oxygen atoms in total. The van der Waals surface area contributed by atoms with Crippen LogP contribution in [-0.4, -0.2) is 21.5 Å². The van der Waals surface area contributed by atoms with E-state index in [0.29, 0.717) is 6.04 Å². The number of pyridine rings is 1. The number of fused-ring (bicyclic) bond motifs is 1. The van der Waals surface area contributed by atoms with Gasteiger partial charge in [-0.1, -0.05) is 24.3 Å². The Morgan fingerprint density at radius 3 is 2.79 bits per heavy atom. The van der Waals surface area contributed by atoms with E-state index in [9.17, 15) is 0 Å². The summed E-state index contributed by atoms with van der Waals surface area (Å²) in [6, 6.07) is 15.0. The standard InChI is InChI=1S/C20H20N4/c1-14-12-19(23-20(22-14)17-7-5-10-21-13-17)24-11-9-16-6-3-4-8-18(16)15(24)2/h3-8,10,12-13,15H,9,11H2,1-2H3. The molecular weight excluding hydrogens is 296 g/mol. The zero-order valence-corrected chi connectivity index (χ0v) is 14.0. The number of hydrogen-bond donors (Lipinski definition) is 0. The average molecular weight is 316 g/mol. The summed E-state index contributed by atoms with van der Waals surface area (Å²) in [7, 11) is 0. The molecule has 0 amide bonds. The highest BCUT2D eigenvalue weighted by Gasteiger charge is 2.25. The van der Waals surface area contributed by atoms with Crippen LogP contribution in [0.15, 0.2) is 54.9 Å². The van der Waals surface area contributed by atoms with E-state index in [1.54, 1.807) is 6.20 Å². The molecule has 3 heterocycles. The number of anilines is 1. The molecule has 1 aromatic carbocycles. The topological polar surface area (TPSA) is 41.9 Å². The van der Waals surface area contributed by atoms with E-state index in [0.717, 1.165) is 35.9 Å². The molecule has 1 aliphatic rings. The number of nitrogens with zero attached hydrogens (tertiary/aromatic N) is 4. The third kappa shape index (κ3) is 2.64. The second kappa shape index (κ2) is 6.04. The Hall–Kier alpha value is -2.75. The van der Waals surface area contributed by atoms with Crippen LogP contribution in [0.4, 0.5) is 5.82 Å². The first kappa shape index (κ1) is 14.8. The predicted molar refractivity (Wildman–Crippen MR) is 95.9 cm³/mol. The first-order valence-corrected chi connectivity index (χ1v) is 8.33. The Balaban J connectivity index is 1.74. The Bertz CT molecular complexity index is 861. The first-order chi connectivity index (χ1) is 11.7. The highest BCUT2D eigenvalue weighted by atomic mass is 15.2. The van der Waals surface area contributed by atoms with Crippen molar-refractivity contribution in [3.05, 3.63) is 71.7 Å². The number of hydrogen-bond acceptors (Lipinski definition) is 4. The van der Waals surface area contributed by atoms with Crippen LogP contribution in [0.2, 0.25) is 0 Å². The van der Waals surface area contributed by atoms with Gasteiger partial charge in [0.25, 0.3) is 0 Å². The largest absolute Gasteiger partial charge is 0.349 e. The van der Waals surface area contributed by atoms with Gasteiger partial charge >= 0.3 is 0 Å². The van der Waals surface area contributed by atoms with Crippen molar-refractivity contribution >= 4 is 5.82 Å². The van der Waals surface area contributed by atoms with Gasteiger partial charge in [-0.25, -0.2) is 9.97 Å². The van der Waals surface area contributed by atoms with Gasteiger partial charge in [-0.3, -0.25) is 4.98 Å². The van der Waals surface area contributed by atoms with E-state index in [4.69, 9.17) is 4.98 Å². The molecular formula is C20H20N4. The molecule has 0 bridgehead atoms. The molecule has 0 saturated carbocycles. The van der Waals surface area contributed by atoms with Crippen LogP contribution in [0.1, 0.15) is 29.8 Å². The minimum atomic E-state index is 0.311. The lowest BCUT2D eigenvalue weighted by Crippen LogP contribution is -2.34. The fraction of sp³-hybridized carbons (Fsp3) is 0.250. The second-order valence-corrected chi connectivity index (χ2v) is 6.25. The fourth-order valence-corrected chi connectivity index (χ4v) is 3.41. The molecule has 4 rings (SSSR count). The molecule has 1 unspecified atom stereocenters. The third-order valence-corrected chi connectivity index (χ3v) is 4.65. The number of aryl methyl sites for hydroxylation is 1. The van der Waals surface area contributed by atoms with E-state index in [2.05, 4.69) is 52.1 Å². The van der Waals surface area contributed by atoms with E-state index < -0.39 is 0 Å². The van der Waals surface area contributed by atoms with Crippen molar-refractivity contribution in [1.29, 1.82) is 0 Å². The van der Waals surface area contributed by atoms with Gasteiger partial charge < -0.3 is 4.90 Å². The first-order valence-electron chi connectivity index (χ1n) is 8.33. The molecule has 0 radical (unpaired) electrons. The molecule has 120 valence electrons. The molecule has 0 aliphatic carbocycles. The van der Waals surface area contributed by atoms with Crippen molar-refractivity contribution in [2.75, 3.05) is 11.4 Å². The minimum Gasteiger partial charge on any atom is -0.349 e. The SMILES string of the molecule is Cc1cc(N2CCc3ccccc3C2C)nc(-c2cccnc2)n1. The van der Waals surface area contributed by atoms with Crippen LogP contribution in [0.5, 0.6) is 0 Å². The smallest absolute Gasteiger partial charge is 0.163 e. The van der Waals surface area contributed by atoms with Crippen LogP contribution in [0.3, 0.4) is 0 Å². The molecule has 0 N–H and O–H groups in total. The molecule has 2 aromatic heterocycles. The summed E-state index contributed by atoms with van der Waals surface area (Å²) >= 11 is 0. The van der Waals surface area contributed by atoms with Crippen LogP contribution in [0.25, 0.3) is 11.4 Å². The molecule has 3 aromatic rings. The number of rotatable bonds is 2. The molecule has 0 saturated heterocycles. The molecule has 1 aliphatic heterocycles. The van der Waals surface area contributed by atoms with Crippen LogP contribution < -0.4 is 4.90 Å². The Morgan fingerprint density at radius 2 is 1.96 bits per heavy atom. The highest BCUT2D eigenvalue weighted by molar-refractivity contribution is 5.58. The van der Waals surface area contributed by atoms with E-state index in [1.165, 1.54) is 11.1 Å². The maximum atomic E-state index is 4.83. The quantitative estimate of drug-likeness (QED) is 0.717. The van der Waals surface area contributed by atoms with Crippen molar-refractivity contribution in [2.24, 2.45) is 0 Å². The molecule has 24 heavy (non-hydrogen) atoms. The van der Waals surface area contributed by atoms with Crippen molar-refractivity contribution in [2.45, 2.75) is 26.3 Å². The summed E-state index contributed by atoms with van der Waals surface area (Å²) in [5, 5.41) is 0. The van der Waals surface area contributed by atoms with Gasteiger partial charge in [-0.05, 0) is 43.5 Å². The average Bonchev–Trinajstić information content (AvgIpc) is 2.62. The van der Waals surface area contributed by atoms with E-state index >= 15 is 0 Å². The van der Waals surface area contributed by atoms with Gasteiger partial charge in [0.05, 0.1) is 6.04 Å². The van der Waals surface area contributed by atoms with Gasteiger partial charge in [0.15, 0.2) is 5.82 Å². The lowest BCUT2D eigenvalue weighted by Gasteiger charge is -2.36. The molecule has 0 spiro atoms. The maximum Gasteiger partial charge on any atom is 0.163 e. The van der Waals surface area contributed by atoms with Gasteiger partial charge in [0, 0.05) is 36.3 Å². The van der Waals surface area contributed by atoms with E-state index in [-0.39, 0.29) is 0 Å². The normalized spacial score (nSPS) is 16.8. The summed E-state index contributed by atoms with van der Waals surface area (Å²) in [5.74, 6) is 1.73. The summed E-state index contributed by atoms with van der Waals surface area (Å²) in [5.41, 5.74) is 4.76. The molecule has 0 fully saturated rings. The van der Waals surface area contributed by atoms with Gasteiger partial charge in [0.1, 0.15) is 5.82 Å². The van der Waals surface area contributed by atoms with Crippen molar-refractivity contribution in [3.8, 4) is 11.4 Å². The zero-order valence-electron chi connectivity index (χ0n) is 14.0. The monoisotopic (exact) mass is 316 g/mol. The van der Waals surface area contributed by atoms with Gasteiger partial charge in [-0.15, -0.1) is 0 Å². The fourth-order valence-electron chi connectivity index (χ4n) is 3.41. The Kier molecular flexibility index (Phi) is 3.73. The van der Waals surface area contributed by atoms with Crippen LogP contribution >= 0.6 is 0 Å². The van der Waals surface area contributed by atoms with Crippen LogP contribution in [-0.2, 0) is 6.42 Å². The van der Waals surface area contributed by atoms with Gasteiger partial charge in [0.2, 0.25) is 0 Å². The lowest BCUT2D eigenvalue weighted by atomic mass is 9.93.